The fourth-order valence-electron chi connectivity index (χ4n) is 2.90. The van der Waals surface area contributed by atoms with Crippen molar-refractivity contribution in [2.75, 3.05) is 20.0 Å². The van der Waals surface area contributed by atoms with Crippen LogP contribution in [0.3, 0.4) is 0 Å². The molecule has 3 aromatic rings. The van der Waals surface area contributed by atoms with Gasteiger partial charge in [0.1, 0.15) is 0 Å². The second-order valence-corrected chi connectivity index (χ2v) is 7.97. The van der Waals surface area contributed by atoms with Gasteiger partial charge in [0.05, 0.1) is 16.8 Å². The number of amides is 1. The van der Waals surface area contributed by atoms with Gasteiger partial charge >= 0.3 is 0 Å². The lowest BCUT2D eigenvalue weighted by atomic mass is 10.1. The number of aromatic nitrogens is 1. The number of benzene rings is 2. The molecule has 2 aromatic carbocycles. The van der Waals surface area contributed by atoms with Crippen molar-refractivity contribution < 1.29 is 9.53 Å². The van der Waals surface area contributed by atoms with Crippen molar-refractivity contribution in [1.82, 2.24) is 4.57 Å². The number of methoxy groups -OCH3 is 1. The Labute approximate surface area is 161 Å². The van der Waals surface area contributed by atoms with E-state index in [1.54, 1.807) is 30.2 Å². The topological polar surface area (TPSA) is 43.6 Å². The Bertz CT molecular complexity index is 1020. The summed E-state index contributed by atoms with van der Waals surface area (Å²) < 4.78 is 8.50. The smallest absolute Gasteiger partial charge is 0.279 e. The number of nitrogens with zero attached hydrogens (tertiary/aromatic N) is 2. The van der Waals surface area contributed by atoms with Crippen LogP contribution in [0.1, 0.15) is 21.5 Å². The Morgan fingerprint density at radius 3 is 2.81 bits per heavy atom. The van der Waals surface area contributed by atoms with E-state index in [9.17, 15) is 4.79 Å². The highest BCUT2D eigenvalue weighted by Gasteiger charge is 2.12. The summed E-state index contributed by atoms with van der Waals surface area (Å²) >= 11 is 3.17. The highest BCUT2D eigenvalue weighted by molar-refractivity contribution is 7.98. The second kappa shape index (κ2) is 8.20. The minimum absolute atomic E-state index is 0.215. The molecule has 0 aliphatic heterocycles. The molecule has 0 bridgehead atoms. The first-order chi connectivity index (χ1) is 12.5. The minimum Gasteiger partial charge on any atom is -0.383 e. The highest BCUT2D eigenvalue weighted by atomic mass is 32.2. The van der Waals surface area contributed by atoms with Crippen LogP contribution in [-0.2, 0) is 11.3 Å². The first kappa shape index (κ1) is 18.9. The van der Waals surface area contributed by atoms with E-state index in [0.29, 0.717) is 23.5 Å². The number of aryl methyl sites for hydroxylation is 2. The molecular formula is C20H22N2O2S2. The predicted molar refractivity (Wildman–Crippen MR) is 109 cm³/mol. The van der Waals surface area contributed by atoms with Crippen LogP contribution in [0, 0.1) is 13.8 Å². The molecule has 0 saturated carbocycles. The van der Waals surface area contributed by atoms with Gasteiger partial charge in [-0.2, -0.15) is 4.99 Å². The van der Waals surface area contributed by atoms with Gasteiger partial charge in [-0.05, 0) is 55.5 Å². The van der Waals surface area contributed by atoms with Crippen molar-refractivity contribution in [3.63, 3.8) is 0 Å². The Morgan fingerprint density at radius 2 is 2.08 bits per heavy atom. The Hall–Kier alpha value is -1.89. The first-order valence-corrected chi connectivity index (χ1v) is 10.4. The molecule has 0 atom stereocenters. The monoisotopic (exact) mass is 386 g/mol. The summed E-state index contributed by atoms with van der Waals surface area (Å²) in [5.41, 5.74) is 4.12. The standard InChI is InChI=1S/C20H22N2O2S2/c1-13-10-14(2)18-17(11-13)22(8-9-24-3)20(26-18)21-19(23)15-6-5-7-16(12-15)25-4/h5-7,10-12H,8-9H2,1-4H3. The third kappa shape index (κ3) is 3.92. The van der Waals surface area contributed by atoms with E-state index in [1.807, 2.05) is 30.5 Å². The quantitative estimate of drug-likeness (QED) is 0.609. The van der Waals surface area contributed by atoms with Gasteiger partial charge in [0.2, 0.25) is 0 Å². The molecule has 0 N–H and O–H groups in total. The Balaban J connectivity index is 2.14. The molecule has 6 heteroatoms. The van der Waals surface area contributed by atoms with Gasteiger partial charge in [-0.25, -0.2) is 0 Å². The molecule has 0 fully saturated rings. The number of thioether (sulfide) groups is 1. The van der Waals surface area contributed by atoms with Crippen LogP contribution < -0.4 is 4.80 Å². The first-order valence-electron chi connectivity index (χ1n) is 8.36. The lowest BCUT2D eigenvalue weighted by molar-refractivity contribution is 0.0997. The molecule has 1 heterocycles. The van der Waals surface area contributed by atoms with Gasteiger partial charge < -0.3 is 9.30 Å². The second-order valence-electron chi connectivity index (χ2n) is 6.11. The van der Waals surface area contributed by atoms with Gasteiger partial charge in [0, 0.05) is 24.1 Å². The van der Waals surface area contributed by atoms with E-state index in [4.69, 9.17) is 4.74 Å². The van der Waals surface area contributed by atoms with Gasteiger partial charge in [0.25, 0.3) is 5.91 Å². The SMILES string of the molecule is COCCn1c(=NC(=O)c2cccc(SC)c2)sc2c(C)cc(C)cc21. The molecule has 3 rings (SSSR count). The van der Waals surface area contributed by atoms with Crippen LogP contribution in [0.2, 0.25) is 0 Å². The molecular weight excluding hydrogens is 364 g/mol. The maximum absolute atomic E-state index is 12.7. The zero-order chi connectivity index (χ0) is 18.7. The number of fused-ring (bicyclic) bond motifs is 1. The number of rotatable bonds is 5. The van der Waals surface area contributed by atoms with Gasteiger partial charge in [-0.15, -0.1) is 11.8 Å². The van der Waals surface area contributed by atoms with E-state index in [2.05, 4.69) is 35.5 Å². The molecule has 136 valence electrons. The molecule has 0 unspecified atom stereocenters. The zero-order valence-electron chi connectivity index (χ0n) is 15.4. The summed E-state index contributed by atoms with van der Waals surface area (Å²) in [5.74, 6) is -0.215. The molecule has 0 radical (unpaired) electrons. The maximum atomic E-state index is 12.7. The number of thiazole rings is 1. The zero-order valence-corrected chi connectivity index (χ0v) is 17.0. The molecule has 0 aliphatic carbocycles. The Kier molecular flexibility index (Phi) is 5.96. The summed E-state index contributed by atoms with van der Waals surface area (Å²) in [5, 5.41) is 0. The highest BCUT2D eigenvalue weighted by Crippen LogP contribution is 2.23. The van der Waals surface area contributed by atoms with Gasteiger partial charge in [0.15, 0.2) is 4.80 Å². The third-order valence-corrected chi connectivity index (χ3v) is 6.10. The fourth-order valence-corrected chi connectivity index (χ4v) is 4.47. The van der Waals surface area contributed by atoms with Gasteiger partial charge in [-0.1, -0.05) is 23.5 Å². The van der Waals surface area contributed by atoms with Crippen molar-refractivity contribution in [3.8, 4) is 0 Å². The molecule has 1 aromatic heterocycles. The van der Waals surface area contributed by atoms with Crippen molar-refractivity contribution in [2.24, 2.45) is 4.99 Å². The van der Waals surface area contributed by atoms with Crippen molar-refractivity contribution in [3.05, 3.63) is 57.9 Å². The summed E-state index contributed by atoms with van der Waals surface area (Å²) in [6.45, 7) is 5.42. The van der Waals surface area contributed by atoms with Crippen LogP contribution >= 0.6 is 23.1 Å². The number of hydrogen-bond donors (Lipinski definition) is 0. The minimum atomic E-state index is -0.215. The number of hydrogen-bond acceptors (Lipinski definition) is 4. The molecule has 4 nitrogen and oxygen atoms in total. The van der Waals surface area contributed by atoms with E-state index in [-0.39, 0.29) is 5.91 Å². The van der Waals surface area contributed by atoms with Crippen molar-refractivity contribution in [1.29, 1.82) is 0 Å². The van der Waals surface area contributed by atoms with Crippen LogP contribution in [0.4, 0.5) is 0 Å². The molecule has 1 amide bonds. The molecule has 0 spiro atoms. The lowest BCUT2D eigenvalue weighted by Crippen LogP contribution is -2.19. The predicted octanol–water partition coefficient (Wildman–Crippen LogP) is 4.43. The molecule has 0 saturated heterocycles. The number of carbonyl (C=O) groups is 1. The molecule has 26 heavy (non-hydrogen) atoms. The third-order valence-electron chi connectivity index (χ3n) is 4.15. The van der Waals surface area contributed by atoms with E-state index < -0.39 is 0 Å². The fraction of sp³-hybridized carbons (Fsp3) is 0.300. The Morgan fingerprint density at radius 1 is 1.27 bits per heavy atom. The van der Waals surface area contributed by atoms with Crippen LogP contribution in [0.15, 0.2) is 46.3 Å². The van der Waals surface area contributed by atoms with Crippen molar-refractivity contribution in [2.45, 2.75) is 25.3 Å². The summed E-state index contributed by atoms with van der Waals surface area (Å²) in [4.78, 5) is 18.9. The average Bonchev–Trinajstić information content (AvgIpc) is 2.97. The molecule has 0 aliphatic rings. The van der Waals surface area contributed by atoms with Crippen molar-refractivity contribution >= 4 is 39.2 Å². The number of carbonyl (C=O) groups excluding carboxylic acids is 1. The summed E-state index contributed by atoms with van der Waals surface area (Å²) in [7, 11) is 1.68. The van der Waals surface area contributed by atoms with E-state index in [1.165, 1.54) is 11.1 Å². The maximum Gasteiger partial charge on any atom is 0.279 e. The summed E-state index contributed by atoms with van der Waals surface area (Å²) in [6, 6.07) is 11.9. The number of ether oxygens (including phenoxy) is 1. The van der Waals surface area contributed by atoms with Crippen LogP contribution in [-0.4, -0.2) is 30.4 Å². The summed E-state index contributed by atoms with van der Waals surface area (Å²) in [6.07, 6.45) is 2.00. The normalized spacial score (nSPS) is 12.1. The van der Waals surface area contributed by atoms with Gasteiger partial charge in [-0.3, -0.25) is 4.79 Å². The van der Waals surface area contributed by atoms with Crippen LogP contribution in [0.25, 0.3) is 10.2 Å². The average molecular weight is 387 g/mol. The van der Waals surface area contributed by atoms with Crippen LogP contribution in [0.5, 0.6) is 0 Å². The largest absolute Gasteiger partial charge is 0.383 e. The van der Waals surface area contributed by atoms with E-state index >= 15 is 0 Å². The lowest BCUT2D eigenvalue weighted by Gasteiger charge is -2.06. The van der Waals surface area contributed by atoms with E-state index in [0.717, 1.165) is 15.1 Å².